The lowest BCUT2D eigenvalue weighted by atomic mass is 10.2. The summed E-state index contributed by atoms with van der Waals surface area (Å²) in [5.41, 5.74) is 2.63. The van der Waals surface area contributed by atoms with Gasteiger partial charge in [0.15, 0.2) is 11.0 Å². The zero-order valence-corrected chi connectivity index (χ0v) is 17.2. The minimum atomic E-state index is -0.0951. The Morgan fingerprint density at radius 1 is 1.19 bits per heavy atom. The number of hydrogen-bond donors (Lipinski definition) is 1. The fourth-order valence-corrected chi connectivity index (χ4v) is 3.90. The molecule has 27 heavy (non-hydrogen) atoms. The molecule has 0 bridgehead atoms. The third kappa shape index (κ3) is 4.83. The fourth-order valence-electron chi connectivity index (χ4n) is 2.60. The topological polar surface area (TPSA) is 59.8 Å². The van der Waals surface area contributed by atoms with Crippen molar-refractivity contribution in [3.05, 3.63) is 58.1 Å². The summed E-state index contributed by atoms with van der Waals surface area (Å²) in [6.45, 7) is 4.63. The number of nitrogens with one attached hydrogen (secondary N) is 1. The molecule has 0 unspecified atom stereocenters. The Morgan fingerprint density at radius 3 is 2.70 bits per heavy atom. The van der Waals surface area contributed by atoms with Crippen LogP contribution in [-0.2, 0) is 11.3 Å². The molecule has 3 aromatic rings. The highest BCUT2D eigenvalue weighted by Crippen LogP contribution is 2.31. The van der Waals surface area contributed by atoms with Crippen molar-refractivity contribution in [3.8, 4) is 11.4 Å². The number of carbonyl (C=O) groups is 1. The maximum atomic E-state index is 12.2. The van der Waals surface area contributed by atoms with Crippen molar-refractivity contribution in [2.24, 2.45) is 0 Å². The summed E-state index contributed by atoms with van der Waals surface area (Å²) in [5, 5.41) is 13.1. The van der Waals surface area contributed by atoms with Crippen LogP contribution < -0.4 is 5.32 Å². The summed E-state index contributed by atoms with van der Waals surface area (Å²) in [4.78, 5) is 12.2. The van der Waals surface area contributed by atoms with Gasteiger partial charge in [-0.15, -0.1) is 10.2 Å². The van der Waals surface area contributed by atoms with Crippen LogP contribution in [0.15, 0.2) is 47.6 Å². The Balaban J connectivity index is 1.72. The molecule has 1 aromatic heterocycles. The van der Waals surface area contributed by atoms with Crippen LogP contribution in [-0.4, -0.2) is 26.4 Å². The first-order chi connectivity index (χ1) is 13.0. The van der Waals surface area contributed by atoms with E-state index in [4.69, 9.17) is 23.2 Å². The lowest BCUT2D eigenvalue weighted by Crippen LogP contribution is -2.14. The van der Waals surface area contributed by atoms with Gasteiger partial charge in [0.25, 0.3) is 0 Å². The van der Waals surface area contributed by atoms with E-state index in [0.29, 0.717) is 27.6 Å². The number of benzene rings is 2. The average molecular weight is 421 g/mol. The summed E-state index contributed by atoms with van der Waals surface area (Å²) in [6.07, 6.45) is 0. The summed E-state index contributed by atoms with van der Waals surface area (Å²) in [6, 6.07) is 12.9. The minimum absolute atomic E-state index is 0.0951. The molecule has 0 aliphatic heterocycles. The molecular formula is C19H18Cl2N4OS. The number of aromatic nitrogens is 3. The van der Waals surface area contributed by atoms with E-state index in [2.05, 4.69) is 15.5 Å². The zero-order valence-electron chi connectivity index (χ0n) is 14.9. The van der Waals surface area contributed by atoms with Gasteiger partial charge >= 0.3 is 0 Å². The van der Waals surface area contributed by atoms with Gasteiger partial charge in [-0.05, 0) is 49.7 Å². The molecule has 0 saturated heterocycles. The number of halogens is 2. The molecule has 140 valence electrons. The van der Waals surface area contributed by atoms with Crippen molar-refractivity contribution in [1.29, 1.82) is 0 Å². The lowest BCUT2D eigenvalue weighted by Gasteiger charge is -2.09. The molecule has 0 radical (unpaired) electrons. The molecule has 0 spiro atoms. The number of anilines is 1. The molecule has 0 atom stereocenters. The van der Waals surface area contributed by atoms with E-state index in [1.165, 1.54) is 11.8 Å². The highest BCUT2D eigenvalue weighted by Gasteiger charge is 2.17. The first-order valence-corrected chi connectivity index (χ1v) is 10.1. The van der Waals surface area contributed by atoms with Crippen LogP contribution in [0.1, 0.15) is 12.5 Å². The van der Waals surface area contributed by atoms with E-state index < -0.39 is 0 Å². The molecule has 0 aliphatic carbocycles. The van der Waals surface area contributed by atoms with E-state index in [0.717, 1.165) is 16.8 Å². The first kappa shape index (κ1) is 19.7. The molecule has 8 heteroatoms. The van der Waals surface area contributed by atoms with E-state index >= 15 is 0 Å². The second-order valence-electron chi connectivity index (χ2n) is 5.88. The van der Waals surface area contributed by atoms with Crippen LogP contribution >= 0.6 is 35.0 Å². The van der Waals surface area contributed by atoms with Gasteiger partial charge in [-0.1, -0.05) is 47.1 Å². The Hall–Kier alpha value is -2.02. The van der Waals surface area contributed by atoms with Crippen molar-refractivity contribution < 1.29 is 4.79 Å². The van der Waals surface area contributed by atoms with Gasteiger partial charge < -0.3 is 9.88 Å². The molecule has 0 aliphatic rings. The Labute approximate surface area is 172 Å². The second-order valence-corrected chi connectivity index (χ2v) is 7.67. The Bertz CT molecular complexity index is 974. The van der Waals surface area contributed by atoms with Gasteiger partial charge in [-0.25, -0.2) is 0 Å². The molecule has 0 fully saturated rings. The van der Waals surface area contributed by atoms with E-state index in [-0.39, 0.29) is 11.7 Å². The Kier molecular flexibility index (Phi) is 6.42. The molecule has 1 amide bonds. The summed E-state index contributed by atoms with van der Waals surface area (Å²) >= 11 is 13.6. The van der Waals surface area contributed by atoms with Crippen molar-refractivity contribution in [1.82, 2.24) is 14.8 Å². The summed E-state index contributed by atoms with van der Waals surface area (Å²) in [7, 11) is 0. The van der Waals surface area contributed by atoms with Crippen LogP contribution in [0.4, 0.5) is 5.69 Å². The minimum Gasteiger partial charge on any atom is -0.325 e. The van der Waals surface area contributed by atoms with Gasteiger partial charge in [-0.2, -0.15) is 0 Å². The Morgan fingerprint density at radius 2 is 2.00 bits per heavy atom. The molecule has 5 nitrogen and oxygen atoms in total. The number of aryl methyl sites for hydroxylation is 1. The number of carbonyl (C=O) groups excluding carboxylic acids is 1. The highest BCUT2D eigenvalue weighted by molar-refractivity contribution is 7.99. The SMILES string of the molecule is CCn1c(SCC(=O)Nc2cccc(C)c2)nnc1-c1ccc(Cl)cc1Cl. The fraction of sp³-hybridized carbons (Fsp3) is 0.211. The summed E-state index contributed by atoms with van der Waals surface area (Å²) in [5.74, 6) is 0.795. The van der Waals surface area contributed by atoms with Crippen LogP contribution in [0.25, 0.3) is 11.4 Å². The number of nitrogens with zero attached hydrogens (tertiary/aromatic N) is 3. The van der Waals surface area contributed by atoms with Gasteiger partial charge in [0.05, 0.1) is 10.8 Å². The lowest BCUT2D eigenvalue weighted by molar-refractivity contribution is -0.113. The normalized spacial score (nSPS) is 10.8. The monoisotopic (exact) mass is 420 g/mol. The number of hydrogen-bond acceptors (Lipinski definition) is 4. The molecule has 1 N–H and O–H groups in total. The largest absolute Gasteiger partial charge is 0.325 e. The van der Waals surface area contributed by atoms with Crippen molar-refractivity contribution in [2.75, 3.05) is 11.1 Å². The van der Waals surface area contributed by atoms with E-state index in [1.807, 2.05) is 48.7 Å². The van der Waals surface area contributed by atoms with Crippen LogP contribution in [0.3, 0.4) is 0 Å². The second kappa shape index (κ2) is 8.78. The van der Waals surface area contributed by atoms with Crippen molar-refractivity contribution in [3.63, 3.8) is 0 Å². The third-order valence-electron chi connectivity index (χ3n) is 3.84. The van der Waals surface area contributed by atoms with Crippen LogP contribution in [0.5, 0.6) is 0 Å². The zero-order chi connectivity index (χ0) is 19.4. The number of amides is 1. The number of thioether (sulfide) groups is 1. The predicted molar refractivity (Wildman–Crippen MR) is 112 cm³/mol. The standard InChI is InChI=1S/C19H18Cl2N4OS/c1-3-25-18(15-8-7-13(20)10-16(15)21)23-24-19(25)27-11-17(26)22-14-6-4-5-12(2)9-14/h4-10H,3,11H2,1-2H3,(H,22,26). The smallest absolute Gasteiger partial charge is 0.234 e. The summed E-state index contributed by atoms with van der Waals surface area (Å²) < 4.78 is 1.93. The molecule has 1 heterocycles. The first-order valence-electron chi connectivity index (χ1n) is 8.36. The van der Waals surface area contributed by atoms with Gasteiger partial charge in [0.1, 0.15) is 0 Å². The quantitative estimate of drug-likeness (QED) is 0.548. The predicted octanol–water partition coefficient (Wildman–Crippen LogP) is 5.31. The third-order valence-corrected chi connectivity index (χ3v) is 5.35. The number of rotatable bonds is 6. The highest BCUT2D eigenvalue weighted by atomic mass is 35.5. The van der Waals surface area contributed by atoms with Gasteiger partial charge in [0, 0.05) is 22.8 Å². The van der Waals surface area contributed by atoms with Gasteiger partial charge in [0.2, 0.25) is 5.91 Å². The molecular weight excluding hydrogens is 403 g/mol. The maximum Gasteiger partial charge on any atom is 0.234 e. The van der Waals surface area contributed by atoms with Crippen molar-refractivity contribution >= 4 is 46.6 Å². The van der Waals surface area contributed by atoms with Crippen LogP contribution in [0.2, 0.25) is 10.0 Å². The van der Waals surface area contributed by atoms with Gasteiger partial charge in [-0.3, -0.25) is 4.79 Å². The van der Waals surface area contributed by atoms with Crippen LogP contribution in [0, 0.1) is 6.92 Å². The van der Waals surface area contributed by atoms with E-state index in [9.17, 15) is 4.79 Å². The molecule has 0 saturated carbocycles. The average Bonchev–Trinajstić information content (AvgIpc) is 3.02. The van der Waals surface area contributed by atoms with Crippen molar-refractivity contribution in [2.45, 2.75) is 25.5 Å². The molecule has 2 aromatic carbocycles. The molecule has 3 rings (SSSR count). The van der Waals surface area contributed by atoms with E-state index in [1.54, 1.807) is 12.1 Å². The maximum absolute atomic E-state index is 12.2.